The predicted octanol–water partition coefficient (Wildman–Crippen LogP) is 2.21. The molecular formula is C19H23N5O. The summed E-state index contributed by atoms with van der Waals surface area (Å²) in [6, 6.07) is 13.5. The maximum absolute atomic E-state index is 11.1. The summed E-state index contributed by atoms with van der Waals surface area (Å²) in [7, 11) is 0. The van der Waals surface area contributed by atoms with Crippen LogP contribution in [0.5, 0.6) is 0 Å². The largest absolute Gasteiger partial charge is 0.370 e. The summed E-state index contributed by atoms with van der Waals surface area (Å²) in [5, 5.41) is 19.3. The number of aromatic nitrogens is 2. The van der Waals surface area contributed by atoms with Gasteiger partial charge in [-0.15, -0.1) is 0 Å². The first kappa shape index (κ1) is 17.2. The molecule has 1 atom stereocenters. The topological polar surface area (TPSA) is 84.8 Å². The number of rotatable bonds is 5. The maximum atomic E-state index is 11.1. The molecule has 1 aromatic carbocycles. The number of H-pyrrole nitrogens is 1. The van der Waals surface area contributed by atoms with Crippen molar-refractivity contribution in [3.05, 3.63) is 58.0 Å². The lowest BCUT2D eigenvalue weighted by molar-refractivity contribution is 0.365. The van der Waals surface area contributed by atoms with Crippen LogP contribution in [0.15, 0.2) is 41.2 Å². The number of nitriles is 1. The molecule has 1 aliphatic heterocycles. The highest BCUT2D eigenvalue weighted by Gasteiger charge is 2.21. The Kier molecular flexibility index (Phi) is 5.46. The standard InChI is InChI=1S/C19H23N5O/c1-14(17-6-7-19(25)23-22-17)21-13-15-8-10-24(11-9-15)18-5-3-2-4-16(18)12-20/h2-7,14-15,21H,8-11,13H2,1H3,(H,23,25). The number of anilines is 1. The van der Waals surface area contributed by atoms with Gasteiger partial charge in [-0.05, 0) is 50.4 Å². The molecule has 25 heavy (non-hydrogen) atoms. The Morgan fingerprint density at radius 2 is 2.08 bits per heavy atom. The molecule has 1 saturated heterocycles. The maximum Gasteiger partial charge on any atom is 0.264 e. The molecule has 2 aromatic rings. The molecule has 0 spiro atoms. The molecule has 1 unspecified atom stereocenters. The number of hydrogen-bond acceptors (Lipinski definition) is 5. The Balaban J connectivity index is 1.50. The highest BCUT2D eigenvalue weighted by Crippen LogP contribution is 2.26. The van der Waals surface area contributed by atoms with Crippen LogP contribution in [0.25, 0.3) is 0 Å². The number of hydrogen-bond donors (Lipinski definition) is 2. The van der Waals surface area contributed by atoms with Gasteiger partial charge in [0.05, 0.1) is 16.9 Å². The number of nitrogens with one attached hydrogen (secondary N) is 2. The van der Waals surface area contributed by atoms with Crippen molar-refractivity contribution >= 4 is 5.69 Å². The fourth-order valence-electron chi connectivity index (χ4n) is 3.27. The molecular weight excluding hydrogens is 314 g/mol. The minimum atomic E-state index is -0.180. The van der Waals surface area contributed by atoms with Crippen LogP contribution in [0.3, 0.4) is 0 Å². The van der Waals surface area contributed by atoms with E-state index in [0.29, 0.717) is 5.92 Å². The average molecular weight is 337 g/mol. The fraction of sp³-hybridized carbons (Fsp3) is 0.421. The van der Waals surface area contributed by atoms with Gasteiger partial charge in [0, 0.05) is 25.2 Å². The molecule has 6 heteroatoms. The molecule has 3 rings (SSSR count). The van der Waals surface area contributed by atoms with Crippen LogP contribution in [0.4, 0.5) is 5.69 Å². The fourth-order valence-corrected chi connectivity index (χ4v) is 3.27. The van der Waals surface area contributed by atoms with Gasteiger partial charge in [-0.3, -0.25) is 4.79 Å². The first-order valence-corrected chi connectivity index (χ1v) is 8.70. The van der Waals surface area contributed by atoms with Crippen molar-refractivity contribution in [3.63, 3.8) is 0 Å². The average Bonchev–Trinajstić information content (AvgIpc) is 2.67. The second-order valence-corrected chi connectivity index (χ2v) is 6.54. The van der Waals surface area contributed by atoms with Crippen LogP contribution in [0.2, 0.25) is 0 Å². The lowest BCUT2D eigenvalue weighted by Crippen LogP contribution is -2.38. The van der Waals surface area contributed by atoms with E-state index in [0.717, 1.165) is 49.4 Å². The van der Waals surface area contributed by atoms with Crippen LogP contribution >= 0.6 is 0 Å². The zero-order valence-corrected chi connectivity index (χ0v) is 14.4. The van der Waals surface area contributed by atoms with Crippen molar-refractivity contribution in [1.29, 1.82) is 5.26 Å². The summed E-state index contributed by atoms with van der Waals surface area (Å²) in [4.78, 5) is 13.4. The Bertz CT molecular complexity index is 781. The van der Waals surface area contributed by atoms with Crippen molar-refractivity contribution in [2.75, 3.05) is 24.5 Å². The summed E-state index contributed by atoms with van der Waals surface area (Å²) in [5.41, 5.74) is 2.46. The number of nitrogens with zero attached hydrogens (tertiary/aromatic N) is 3. The Morgan fingerprint density at radius 3 is 2.76 bits per heavy atom. The number of para-hydroxylation sites is 1. The van der Waals surface area contributed by atoms with Gasteiger partial charge in [0.25, 0.3) is 5.56 Å². The lowest BCUT2D eigenvalue weighted by Gasteiger charge is -2.34. The second-order valence-electron chi connectivity index (χ2n) is 6.54. The SMILES string of the molecule is CC(NCC1CCN(c2ccccc2C#N)CC1)c1ccc(=O)[nH]n1. The molecule has 130 valence electrons. The van der Waals surface area contributed by atoms with Gasteiger partial charge in [0.15, 0.2) is 0 Å². The molecule has 1 aromatic heterocycles. The third kappa shape index (κ3) is 4.25. The van der Waals surface area contributed by atoms with E-state index in [-0.39, 0.29) is 11.6 Å². The minimum absolute atomic E-state index is 0.106. The molecule has 6 nitrogen and oxygen atoms in total. The van der Waals surface area contributed by atoms with Gasteiger partial charge in [-0.2, -0.15) is 10.4 Å². The van der Waals surface area contributed by atoms with E-state index >= 15 is 0 Å². The number of aromatic amines is 1. The van der Waals surface area contributed by atoms with Crippen LogP contribution in [-0.4, -0.2) is 29.8 Å². The highest BCUT2D eigenvalue weighted by atomic mass is 16.1. The van der Waals surface area contributed by atoms with Gasteiger partial charge in [0.2, 0.25) is 0 Å². The molecule has 0 bridgehead atoms. The third-order valence-corrected chi connectivity index (χ3v) is 4.84. The summed E-state index contributed by atoms with van der Waals surface area (Å²) in [6.07, 6.45) is 2.19. The van der Waals surface area contributed by atoms with Crippen LogP contribution in [0, 0.1) is 17.2 Å². The van der Waals surface area contributed by atoms with Gasteiger partial charge in [-0.1, -0.05) is 12.1 Å². The molecule has 2 heterocycles. The van der Waals surface area contributed by atoms with Crippen molar-refractivity contribution in [2.45, 2.75) is 25.8 Å². The second kappa shape index (κ2) is 7.95. The third-order valence-electron chi connectivity index (χ3n) is 4.84. The molecule has 1 aliphatic rings. The quantitative estimate of drug-likeness (QED) is 0.874. The Labute approximate surface area is 147 Å². The van der Waals surface area contributed by atoms with Gasteiger partial charge in [-0.25, -0.2) is 5.10 Å². The van der Waals surface area contributed by atoms with Crippen molar-refractivity contribution < 1.29 is 0 Å². The monoisotopic (exact) mass is 337 g/mol. The Hall–Kier alpha value is -2.65. The molecule has 2 N–H and O–H groups in total. The van der Waals surface area contributed by atoms with Gasteiger partial charge in [0.1, 0.15) is 6.07 Å². The minimum Gasteiger partial charge on any atom is -0.370 e. The zero-order chi connectivity index (χ0) is 17.6. The molecule has 0 aliphatic carbocycles. The molecule has 0 saturated carbocycles. The van der Waals surface area contributed by atoms with E-state index in [1.807, 2.05) is 24.3 Å². The Morgan fingerprint density at radius 1 is 1.32 bits per heavy atom. The van der Waals surface area contributed by atoms with Gasteiger partial charge >= 0.3 is 0 Å². The molecule has 0 amide bonds. The van der Waals surface area contributed by atoms with Crippen LogP contribution in [-0.2, 0) is 0 Å². The van der Waals surface area contributed by atoms with E-state index in [9.17, 15) is 10.1 Å². The van der Waals surface area contributed by atoms with E-state index in [1.54, 1.807) is 6.07 Å². The van der Waals surface area contributed by atoms with E-state index in [1.165, 1.54) is 6.07 Å². The van der Waals surface area contributed by atoms with Crippen molar-refractivity contribution in [2.24, 2.45) is 5.92 Å². The summed E-state index contributed by atoms with van der Waals surface area (Å²) in [6.45, 7) is 4.92. The smallest absolute Gasteiger partial charge is 0.264 e. The predicted molar refractivity (Wildman–Crippen MR) is 97.4 cm³/mol. The van der Waals surface area contributed by atoms with Crippen LogP contribution in [0.1, 0.15) is 37.1 Å². The zero-order valence-electron chi connectivity index (χ0n) is 14.4. The first-order valence-electron chi connectivity index (χ1n) is 8.70. The van der Waals surface area contributed by atoms with Crippen molar-refractivity contribution in [1.82, 2.24) is 15.5 Å². The normalized spacial score (nSPS) is 16.4. The number of benzene rings is 1. The van der Waals surface area contributed by atoms with Crippen molar-refractivity contribution in [3.8, 4) is 6.07 Å². The van der Waals surface area contributed by atoms with E-state index < -0.39 is 0 Å². The number of piperidine rings is 1. The van der Waals surface area contributed by atoms with E-state index in [2.05, 4.69) is 33.4 Å². The van der Waals surface area contributed by atoms with Gasteiger partial charge < -0.3 is 10.2 Å². The van der Waals surface area contributed by atoms with Crippen LogP contribution < -0.4 is 15.8 Å². The summed E-state index contributed by atoms with van der Waals surface area (Å²) >= 11 is 0. The highest BCUT2D eigenvalue weighted by molar-refractivity contribution is 5.59. The molecule has 0 radical (unpaired) electrons. The summed E-state index contributed by atoms with van der Waals surface area (Å²) < 4.78 is 0. The summed E-state index contributed by atoms with van der Waals surface area (Å²) in [5.74, 6) is 0.607. The molecule has 1 fully saturated rings. The first-order chi connectivity index (χ1) is 12.2. The lowest BCUT2D eigenvalue weighted by atomic mass is 9.95. The van der Waals surface area contributed by atoms with E-state index in [4.69, 9.17) is 0 Å².